The zero-order valence-electron chi connectivity index (χ0n) is 10.6. The maximum Gasteiger partial charge on any atom is 0.327 e. The molecule has 0 saturated heterocycles. The van der Waals surface area contributed by atoms with Crippen LogP contribution >= 0.6 is 27.7 Å². The van der Waals surface area contributed by atoms with Gasteiger partial charge in [0, 0.05) is 28.0 Å². The number of aliphatic carboxylic acids is 1. The van der Waals surface area contributed by atoms with Gasteiger partial charge in [0.15, 0.2) is 0 Å². The summed E-state index contributed by atoms with van der Waals surface area (Å²) < 4.78 is 6.61. The summed E-state index contributed by atoms with van der Waals surface area (Å²) in [6.07, 6.45) is 1.32. The molecule has 2 N–H and O–H groups in total. The number of amides is 1. The number of carboxylic acid groups (broad SMARTS) is 1. The second kappa shape index (κ2) is 6.99. The monoisotopic (exact) mass is 359 g/mol. The normalized spacial score (nSPS) is 14.2. The van der Waals surface area contributed by atoms with Gasteiger partial charge >= 0.3 is 5.97 Å². The van der Waals surface area contributed by atoms with Gasteiger partial charge in [-0.25, -0.2) is 4.79 Å². The number of carbonyl (C=O) groups is 2. The number of carboxylic acids is 1. The summed E-state index contributed by atoms with van der Waals surface area (Å²) in [4.78, 5) is 21.2. The highest BCUT2D eigenvalue weighted by atomic mass is 79.9. The van der Waals surface area contributed by atoms with Gasteiger partial charge < -0.3 is 15.2 Å². The Hall–Kier alpha value is -1.21. The maximum atomic E-state index is 10.9. The summed E-state index contributed by atoms with van der Waals surface area (Å²) >= 11 is 4.92. The molecule has 20 heavy (non-hydrogen) atoms. The van der Waals surface area contributed by atoms with Crippen molar-refractivity contribution >= 4 is 40.1 Å². The van der Waals surface area contributed by atoms with Crippen LogP contribution in [-0.2, 0) is 21.8 Å². The standard InChI is InChI=1S/C13H14BrNO4S/c14-10-3-8-1-2-19-12(8)9(4-10)5-20-6-11(13(17)18)15-7-16/h3-4,7,11H,1-2,5-6H2,(H,15,16)(H,17,18). The molecule has 108 valence electrons. The van der Waals surface area contributed by atoms with Crippen LogP contribution in [0.2, 0.25) is 0 Å². The summed E-state index contributed by atoms with van der Waals surface area (Å²) in [5, 5.41) is 11.2. The van der Waals surface area contributed by atoms with Crippen molar-refractivity contribution in [1.29, 1.82) is 0 Å². The Labute approximate surface area is 129 Å². The summed E-state index contributed by atoms with van der Waals surface area (Å²) in [7, 11) is 0. The van der Waals surface area contributed by atoms with Crippen molar-refractivity contribution in [1.82, 2.24) is 5.32 Å². The third-order valence-corrected chi connectivity index (χ3v) is 4.48. The van der Waals surface area contributed by atoms with E-state index < -0.39 is 12.0 Å². The molecule has 0 bridgehead atoms. The van der Waals surface area contributed by atoms with Crippen molar-refractivity contribution < 1.29 is 19.4 Å². The van der Waals surface area contributed by atoms with Gasteiger partial charge in [0.1, 0.15) is 11.8 Å². The van der Waals surface area contributed by atoms with Crippen LogP contribution in [0.15, 0.2) is 16.6 Å². The molecule has 1 amide bonds. The first-order chi connectivity index (χ1) is 9.61. The second-order valence-electron chi connectivity index (χ2n) is 4.34. The first-order valence-electron chi connectivity index (χ1n) is 6.06. The molecule has 0 radical (unpaired) electrons. The molecule has 0 aromatic heterocycles. The number of fused-ring (bicyclic) bond motifs is 1. The van der Waals surface area contributed by atoms with Crippen molar-refractivity contribution in [3.05, 3.63) is 27.7 Å². The van der Waals surface area contributed by atoms with E-state index in [9.17, 15) is 9.59 Å². The summed E-state index contributed by atoms with van der Waals surface area (Å²) in [5.41, 5.74) is 2.22. The quantitative estimate of drug-likeness (QED) is 0.726. The molecule has 0 saturated carbocycles. The fraction of sp³-hybridized carbons (Fsp3) is 0.385. The van der Waals surface area contributed by atoms with Gasteiger partial charge in [-0.1, -0.05) is 15.9 Å². The van der Waals surface area contributed by atoms with Crippen LogP contribution < -0.4 is 10.1 Å². The van der Waals surface area contributed by atoms with Crippen LogP contribution in [0.5, 0.6) is 5.75 Å². The summed E-state index contributed by atoms with van der Waals surface area (Å²) in [5.74, 6) is 0.845. The average molecular weight is 360 g/mol. The van der Waals surface area contributed by atoms with Crippen molar-refractivity contribution in [2.24, 2.45) is 0 Å². The molecule has 1 aliphatic rings. The Bertz CT molecular complexity index is 523. The maximum absolute atomic E-state index is 10.9. The largest absolute Gasteiger partial charge is 0.493 e. The lowest BCUT2D eigenvalue weighted by Crippen LogP contribution is -2.37. The lowest BCUT2D eigenvalue weighted by molar-refractivity contribution is -0.139. The van der Waals surface area contributed by atoms with Crippen LogP contribution in [-0.4, -0.2) is 35.9 Å². The number of halogens is 1. The molecule has 0 aliphatic carbocycles. The molecule has 5 nitrogen and oxygen atoms in total. The van der Waals surface area contributed by atoms with Gasteiger partial charge in [-0.3, -0.25) is 4.79 Å². The van der Waals surface area contributed by atoms with E-state index in [0.29, 0.717) is 24.5 Å². The molecule has 7 heteroatoms. The zero-order valence-corrected chi connectivity index (χ0v) is 13.0. The molecule has 1 aromatic rings. The highest BCUT2D eigenvalue weighted by Crippen LogP contribution is 2.35. The van der Waals surface area contributed by atoms with E-state index in [1.54, 1.807) is 0 Å². The molecule has 1 aromatic carbocycles. The van der Waals surface area contributed by atoms with E-state index in [2.05, 4.69) is 21.2 Å². The van der Waals surface area contributed by atoms with Crippen molar-refractivity contribution in [2.75, 3.05) is 12.4 Å². The van der Waals surface area contributed by atoms with E-state index in [0.717, 1.165) is 22.2 Å². The third kappa shape index (κ3) is 3.67. The van der Waals surface area contributed by atoms with E-state index in [-0.39, 0.29) is 0 Å². The number of benzene rings is 1. The van der Waals surface area contributed by atoms with Crippen LogP contribution in [0.1, 0.15) is 11.1 Å². The Balaban J connectivity index is 1.97. The van der Waals surface area contributed by atoms with Gasteiger partial charge in [0.25, 0.3) is 0 Å². The van der Waals surface area contributed by atoms with Crippen LogP contribution in [0.4, 0.5) is 0 Å². The number of ether oxygens (including phenoxy) is 1. The van der Waals surface area contributed by atoms with Crippen molar-refractivity contribution in [2.45, 2.75) is 18.2 Å². The predicted octanol–water partition coefficient (Wildman–Crippen LogP) is 1.82. The number of nitrogens with one attached hydrogen (secondary N) is 1. The van der Waals surface area contributed by atoms with E-state index in [1.807, 2.05) is 12.1 Å². The average Bonchev–Trinajstić information content (AvgIpc) is 2.85. The third-order valence-electron chi connectivity index (χ3n) is 2.93. The Kier molecular flexibility index (Phi) is 5.31. The van der Waals surface area contributed by atoms with Gasteiger partial charge in [0.05, 0.1) is 6.61 Å². The number of carbonyl (C=O) groups excluding carboxylic acids is 1. The summed E-state index contributed by atoms with van der Waals surface area (Å²) in [6.45, 7) is 0.688. The minimum Gasteiger partial charge on any atom is -0.493 e. The molecule has 1 unspecified atom stereocenters. The molecular weight excluding hydrogens is 346 g/mol. The highest BCUT2D eigenvalue weighted by Gasteiger charge is 2.19. The molecule has 0 fully saturated rings. The minimum atomic E-state index is -1.03. The van der Waals surface area contributed by atoms with Crippen LogP contribution in [0, 0.1) is 0 Å². The minimum absolute atomic E-state index is 0.315. The Morgan fingerprint density at radius 3 is 3.10 bits per heavy atom. The topological polar surface area (TPSA) is 75.6 Å². The smallest absolute Gasteiger partial charge is 0.327 e. The number of thioether (sulfide) groups is 1. The van der Waals surface area contributed by atoms with Crippen molar-refractivity contribution in [3.63, 3.8) is 0 Å². The Morgan fingerprint density at radius 1 is 1.60 bits per heavy atom. The van der Waals surface area contributed by atoms with Gasteiger partial charge in [-0.05, 0) is 17.7 Å². The molecule has 0 spiro atoms. The summed E-state index contributed by atoms with van der Waals surface area (Å²) in [6, 6.07) is 3.17. The molecule has 1 heterocycles. The first-order valence-corrected chi connectivity index (χ1v) is 8.01. The van der Waals surface area contributed by atoms with Crippen LogP contribution in [0.3, 0.4) is 0 Å². The second-order valence-corrected chi connectivity index (χ2v) is 6.29. The van der Waals surface area contributed by atoms with Crippen molar-refractivity contribution in [3.8, 4) is 5.75 Å². The molecule has 1 aliphatic heterocycles. The molecular formula is C13H14BrNO4S. The Morgan fingerprint density at radius 2 is 2.40 bits per heavy atom. The van der Waals surface area contributed by atoms with Gasteiger partial charge in [-0.15, -0.1) is 0 Å². The van der Waals surface area contributed by atoms with Gasteiger partial charge in [0.2, 0.25) is 6.41 Å². The van der Waals surface area contributed by atoms with Crippen LogP contribution in [0.25, 0.3) is 0 Å². The zero-order chi connectivity index (χ0) is 14.5. The lowest BCUT2D eigenvalue weighted by atomic mass is 10.1. The lowest BCUT2D eigenvalue weighted by Gasteiger charge is -2.12. The number of hydrogen-bond acceptors (Lipinski definition) is 4. The molecule has 1 atom stereocenters. The SMILES string of the molecule is O=CNC(CSCc1cc(Br)cc2c1OCC2)C(=O)O. The predicted molar refractivity (Wildman–Crippen MR) is 80.1 cm³/mol. The molecule has 2 rings (SSSR count). The highest BCUT2D eigenvalue weighted by molar-refractivity contribution is 9.10. The van der Waals surface area contributed by atoms with E-state index in [4.69, 9.17) is 9.84 Å². The number of rotatable bonds is 7. The number of hydrogen-bond donors (Lipinski definition) is 2. The fourth-order valence-corrected chi connectivity index (χ4v) is 3.59. The van der Waals surface area contributed by atoms with E-state index >= 15 is 0 Å². The van der Waals surface area contributed by atoms with E-state index in [1.165, 1.54) is 17.3 Å². The van der Waals surface area contributed by atoms with Gasteiger partial charge in [-0.2, -0.15) is 11.8 Å². The first kappa shape index (κ1) is 15.2. The fourth-order valence-electron chi connectivity index (χ4n) is 2.01.